The van der Waals surface area contributed by atoms with Crippen molar-refractivity contribution in [2.24, 2.45) is 0 Å². The third kappa shape index (κ3) is 5.30. The summed E-state index contributed by atoms with van der Waals surface area (Å²) in [7, 11) is -3.42. The summed E-state index contributed by atoms with van der Waals surface area (Å²) in [4.78, 5) is 23.2. The van der Waals surface area contributed by atoms with Crippen LogP contribution in [0.4, 0.5) is 0 Å². The van der Waals surface area contributed by atoms with Crippen LogP contribution in [0.25, 0.3) is 0 Å². The van der Waals surface area contributed by atoms with Crippen LogP contribution in [0.3, 0.4) is 0 Å². The van der Waals surface area contributed by atoms with E-state index in [0.717, 1.165) is 0 Å². The van der Waals surface area contributed by atoms with E-state index in [2.05, 4.69) is 26.8 Å². The summed E-state index contributed by atoms with van der Waals surface area (Å²) in [6.45, 7) is 1.71. The highest BCUT2D eigenvalue weighted by molar-refractivity contribution is 9.10. The molecule has 0 aliphatic carbocycles. The minimum absolute atomic E-state index is 0.0569. The molecule has 2 amide bonds. The lowest BCUT2D eigenvalue weighted by atomic mass is 10.2. The zero-order valence-corrected chi connectivity index (χ0v) is 13.3. The van der Waals surface area contributed by atoms with Crippen LogP contribution in [-0.2, 0) is 14.6 Å². The zero-order chi connectivity index (χ0) is 15.2. The molecule has 1 aromatic rings. The van der Waals surface area contributed by atoms with Crippen molar-refractivity contribution in [1.82, 2.24) is 10.9 Å². The Kier molecular flexibility index (Phi) is 6.15. The molecule has 2 N–H and O–H groups in total. The van der Waals surface area contributed by atoms with Gasteiger partial charge < -0.3 is 0 Å². The Morgan fingerprint density at radius 3 is 2.45 bits per heavy atom. The van der Waals surface area contributed by atoms with Gasteiger partial charge in [0.25, 0.3) is 11.8 Å². The molecule has 0 saturated carbocycles. The monoisotopic (exact) mass is 362 g/mol. The molecule has 110 valence electrons. The number of carbonyl (C=O) groups excluding carboxylic acids is 2. The van der Waals surface area contributed by atoms with E-state index < -0.39 is 27.4 Å². The summed E-state index contributed by atoms with van der Waals surface area (Å²) >= 11 is 3.20. The summed E-state index contributed by atoms with van der Waals surface area (Å²) in [5.74, 6) is -1.99. The van der Waals surface area contributed by atoms with Crippen molar-refractivity contribution < 1.29 is 18.0 Å². The molecule has 0 fully saturated rings. The van der Waals surface area contributed by atoms with Gasteiger partial charge >= 0.3 is 0 Å². The number of nitrogens with one attached hydrogen (secondary N) is 2. The minimum Gasteiger partial charge on any atom is -0.272 e. The highest BCUT2D eigenvalue weighted by Crippen LogP contribution is 2.15. The number of halogens is 1. The van der Waals surface area contributed by atoms with Crippen LogP contribution in [0.2, 0.25) is 0 Å². The van der Waals surface area contributed by atoms with Gasteiger partial charge in [-0.1, -0.05) is 19.1 Å². The predicted molar refractivity (Wildman–Crippen MR) is 78.7 cm³/mol. The molecule has 0 unspecified atom stereocenters. The van der Waals surface area contributed by atoms with Crippen molar-refractivity contribution in [3.63, 3.8) is 0 Å². The van der Waals surface area contributed by atoms with E-state index in [1.54, 1.807) is 31.2 Å². The zero-order valence-electron chi connectivity index (χ0n) is 10.8. The lowest BCUT2D eigenvalue weighted by Crippen LogP contribution is -2.44. The highest BCUT2D eigenvalue weighted by atomic mass is 79.9. The Balaban J connectivity index is 2.54. The van der Waals surface area contributed by atoms with Crippen LogP contribution in [-0.4, -0.2) is 31.7 Å². The number of benzene rings is 1. The molecular weight excluding hydrogens is 348 g/mol. The van der Waals surface area contributed by atoms with E-state index in [0.29, 0.717) is 16.5 Å². The average molecular weight is 363 g/mol. The van der Waals surface area contributed by atoms with Crippen LogP contribution >= 0.6 is 15.9 Å². The maximum Gasteiger partial charge on any atom is 0.270 e. The Labute approximate surface area is 126 Å². The molecule has 0 aliphatic rings. The number of carbonyl (C=O) groups is 2. The Bertz CT molecular complexity index is 601. The second-order valence-electron chi connectivity index (χ2n) is 4.07. The van der Waals surface area contributed by atoms with Crippen molar-refractivity contribution in [3.05, 3.63) is 34.3 Å². The number of amides is 2. The first-order chi connectivity index (χ1) is 9.35. The van der Waals surface area contributed by atoms with Crippen molar-refractivity contribution in [2.45, 2.75) is 13.3 Å². The normalized spacial score (nSPS) is 10.9. The molecular formula is C12H15BrN2O4S. The van der Waals surface area contributed by atoms with Crippen LogP contribution in [0.1, 0.15) is 23.7 Å². The molecule has 0 saturated heterocycles. The molecule has 0 radical (unpaired) electrons. The second-order valence-corrected chi connectivity index (χ2v) is 7.11. The molecule has 0 aromatic heterocycles. The topological polar surface area (TPSA) is 92.3 Å². The van der Waals surface area contributed by atoms with Gasteiger partial charge in [0.05, 0.1) is 11.3 Å². The smallest absolute Gasteiger partial charge is 0.270 e. The van der Waals surface area contributed by atoms with Crippen molar-refractivity contribution >= 4 is 37.6 Å². The summed E-state index contributed by atoms with van der Waals surface area (Å²) in [6, 6.07) is 6.67. The Hall–Kier alpha value is -1.41. The molecule has 8 heteroatoms. The largest absolute Gasteiger partial charge is 0.272 e. The van der Waals surface area contributed by atoms with Gasteiger partial charge in [-0.2, -0.15) is 0 Å². The van der Waals surface area contributed by atoms with Gasteiger partial charge in [-0.15, -0.1) is 0 Å². The lowest BCUT2D eigenvalue weighted by Gasteiger charge is -2.08. The summed E-state index contributed by atoms with van der Waals surface area (Å²) in [6.07, 6.45) is 0.443. The molecule has 0 aliphatic heterocycles. The quantitative estimate of drug-likeness (QED) is 0.765. The number of sulfone groups is 1. The van der Waals surface area contributed by atoms with Crippen LogP contribution in [0.5, 0.6) is 0 Å². The molecule has 0 atom stereocenters. The fourth-order valence-electron chi connectivity index (χ4n) is 1.46. The molecule has 6 nitrogen and oxygen atoms in total. The van der Waals surface area contributed by atoms with E-state index in [1.807, 2.05) is 0 Å². The highest BCUT2D eigenvalue weighted by Gasteiger charge is 2.16. The number of hydrogen-bond donors (Lipinski definition) is 2. The summed E-state index contributed by atoms with van der Waals surface area (Å²) in [5, 5.41) is 0. The van der Waals surface area contributed by atoms with Gasteiger partial charge in [-0.3, -0.25) is 20.4 Å². The summed E-state index contributed by atoms with van der Waals surface area (Å²) < 4.78 is 23.4. The molecule has 0 spiro atoms. The van der Waals surface area contributed by atoms with Gasteiger partial charge in [-0.25, -0.2) is 8.42 Å². The van der Waals surface area contributed by atoms with Crippen molar-refractivity contribution in [1.29, 1.82) is 0 Å². The maximum atomic E-state index is 11.8. The second kappa shape index (κ2) is 7.39. The minimum atomic E-state index is -3.42. The van der Waals surface area contributed by atoms with Gasteiger partial charge in [0, 0.05) is 4.47 Å². The van der Waals surface area contributed by atoms with E-state index in [4.69, 9.17) is 0 Å². The van der Waals surface area contributed by atoms with E-state index in [9.17, 15) is 18.0 Å². The van der Waals surface area contributed by atoms with Gasteiger partial charge in [-0.05, 0) is 34.5 Å². The molecule has 0 heterocycles. The fraction of sp³-hybridized carbons (Fsp3) is 0.333. The first-order valence-electron chi connectivity index (χ1n) is 5.90. The Morgan fingerprint density at radius 1 is 1.20 bits per heavy atom. The van der Waals surface area contributed by atoms with Crippen molar-refractivity contribution in [3.8, 4) is 0 Å². The van der Waals surface area contributed by atoms with E-state index in [1.165, 1.54) is 0 Å². The molecule has 0 bridgehead atoms. The lowest BCUT2D eigenvalue weighted by molar-refractivity contribution is -0.119. The third-order valence-electron chi connectivity index (χ3n) is 2.30. The summed E-state index contributed by atoms with van der Waals surface area (Å²) in [5.41, 5.74) is 4.59. The number of rotatable bonds is 5. The first kappa shape index (κ1) is 16.6. The third-order valence-corrected chi connectivity index (χ3v) is 4.72. The first-order valence-corrected chi connectivity index (χ1v) is 8.51. The molecule has 1 rings (SSSR count). The van der Waals surface area contributed by atoms with E-state index >= 15 is 0 Å². The predicted octanol–water partition coefficient (Wildman–Crippen LogP) is 1.03. The van der Waals surface area contributed by atoms with E-state index in [-0.39, 0.29) is 5.75 Å². The van der Waals surface area contributed by atoms with Crippen LogP contribution in [0.15, 0.2) is 28.7 Å². The fourth-order valence-corrected chi connectivity index (χ4v) is 3.16. The van der Waals surface area contributed by atoms with Gasteiger partial charge in [0.2, 0.25) is 0 Å². The Morgan fingerprint density at radius 2 is 1.85 bits per heavy atom. The van der Waals surface area contributed by atoms with Crippen molar-refractivity contribution in [2.75, 3.05) is 11.5 Å². The average Bonchev–Trinajstić information content (AvgIpc) is 2.35. The number of hydrazine groups is 1. The molecule has 20 heavy (non-hydrogen) atoms. The van der Waals surface area contributed by atoms with Gasteiger partial charge in [0.1, 0.15) is 5.75 Å². The van der Waals surface area contributed by atoms with Crippen LogP contribution in [0, 0.1) is 0 Å². The maximum absolute atomic E-state index is 11.8. The SMILES string of the molecule is CCCS(=O)(=O)CC(=O)NNC(=O)c1ccccc1Br. The standard InChI is InChI=1S/C12H15BrN2O4S/c1-2-7-20(18,19)8-11(16)14-15-12(17)9-5-3-4-6-10(9)13/h3-6H,2,7-8H2,1H3,(H,14,16)(H,15,17). The van der Waals surface area contributed by atoms with Gasteiger partial charge in [0.15, 0.2) is 9.84 Å². The molecule has 1 aromatic carbocycles. The van der Waals surface area contributed by atoms with Crippen LogP contribution < -0.4 is 10.9 Å². The number of hydrogen-bond acceptors (Lipinski definition) is 4.